The number of halogens is 3. The van der Waals surface area contributed by atoms with Gasteiger partial charge < -0.3 is 14.3 Å². The second kappa shape index (κ2) is 6.88. The lowest BCUT2D eigenvalue weighted by molar-refractivity contribution is -0.137. The van der Waals surface area contributed by atoms with E-state index >= 15 is 0 Å². The third kappa shape index (κ3) is 3.62. The fourth-order valence-electron chi connectivity index (χ4n) is 2.72. The molecule has 0 aliphatic carbocycles. The summed E-state index contributed by atoms with van der Waals surface area (Å²) in [6.45, 7) is -0.00118. The molecule has 0 spiro atoms. The van der Waals surface area contributed by atoms with E-state index in [1.54, 1.807) is 12.1 Å². The molecule has 0 fully saturated rings. The second-order valence-electron chi connectivity index (χ2n) is 6.09. The monoisotopic (exact) mass is 386 g/mol. The lowest BCUT2D eigenvalue weighted by Gasteiger charge is -2.08. The van der Waals surface area contributed by atoms with Crippen LogP contribution in [0.25, 0.3) is 22.5 Å². The van der Waals surface area contributed by atoms with E-state index in [1.165, 1.54) is 12.1 Å². The zero-order valence-electron chi connectivity index (χ0n) is 14.3. The molecular formula is C20H13F3N2O3. The van der Waals surface area contributed by atoms with Crippen LogP contribution < -0.4 is 5.32 Å². The molecule has 1 N–H and O–H groups in total. The van der Waals surface area contributed by atoms with Gasteiger partial charge in [-0.05, 0) is 30.3 Å². The fraction of sp³-hybridized carbons (Fsp3) is 0.100. The minimum atomic E-state index is -4.51. The van der Waals surface area contributed by atoms with Crippen LogP contribution in [-0.4, -0.2) is 11.1 Å². The number of carbonyl (C=O) groups excluding carboxylic acids is 1. The molecule has 0 aliphatic heterocycles. The summed E-state index contributed by atoms with van der Waals surface area (Å²) in [4.78, 5) is 12.1. The Kier molecular flexibility index (Phi) is 4.38. The van der Waals surface area contributed by atoms with Gasteiger partial charge >= 0.3 is 6.18 Å². The predicted octanol–water partition coefficient (Wildman–Crippen LogP) is 5.04. The number of benzene rings is 2. The molecule has 5 nitrogen and oxygen atoms in total. The number of alkyl halides is 3. The van der Waals surface area contributed by atoms with Crippen LogP contribution in [0.15, 0.2) is 69.6 Å². The van der Waals surface area contributed by atoms with Crippen molar-refractivity contribution in [2.24, 2.45) is 0 Å². The third-order valence-electron chi connectivity index (χ3n) is 4.11. The first-order chi connectivity index (χ1) is 13.4. The zero-order chi connectivity index (χ0) is 19.7. The normalized spacial score (nSPS) is 11.7. The van der Waals surface area contributed by atoms with Crippen molar-refractivity contribution in [1.29, 1.82) is 0 Å². The van der Waals surface area contributed by atoms with Crippen LogP contribution >= 0.6 is 0 Å². The highest BCUT2D eigenvalue weighted by Crippen LogP contribution is 2.30. The number of furan rings is 1. The van der Waals surface area contributed by atoms with Gasteiger partial charge in [0.1, 0.15) is 11.3 Å². The number of nitrogens with zero attached hydrogens (tertiary/aromatic N) is 1. The SMILES string of the molecule is O=C(NCc1cc(-c2cc3ccccc3o2)on1)c1cccc(C(F)(F)F)c1. The molecule has 2 aromatic carbocycles. The van der Waals surface area contributed by atoms with Gasteiger partial charge in [-0.15, -0.1) is 0 Å². The van der Waals surface area contributed by atoms with Crippen LogP contribution in [0.1, 0.15) is 21.6 Å². The maximum atomic E-state index is 12.8. The lowest BCUT2D eigenvalue weighted by atomic mass is 10.1. The van der Waals surface area contributed by atoms with Gasteiger partial charge in [0.2, 0.25) is 5.76 Å². The van der Waals surface area contributed by atoms with Gasteiger partial charge in [0.05, 0.1) is 12.1 Å². The van der Waals surface area contributed by atoms with E-state index in [0.29, 0.717) is 22.8 Å². The molecule has 28 heavy (non-hydrogen) atoms. The largest absolute Gasteiger partial charge is 0.453 e. The molecule has 0 bridgehead atoms. The van der Waals surface area contributed by atoms with E-state index in [-0.39, 0.29) is 12.1 Å². The molecule has 2 aromatic heterocycles. The lowest BCUT2D eigenvalue weighted by Crippen LogP contribution is -2.23. The van der Waals surface area contributed by atoms with Crippen LogP contribution in [-0.2, 0) is 12.7 Å². The van der Waals surface area contributed by atoms with E-state index in [2.05, 4.69) is 10.5 Å². The topological polar surface area (TPSA) is 68.3 Å². The molecule has 4 aromatic rings. The van der Waals surface area contributed by atoms with Crippen LogP contribution in [0, 0.1) is 0 Å². The summed E-state index contributed by atoms with van der Waals surface area (Å²) in [5, 5.41) is 7.29. The smallest absolute Gasteiger partial charge is 0.416 e. The summed E-state index contributed by atoms with van der Waals surface area (Å²) >= 11 is 0. The van der Waals surface area contributed by atoms with E-state index in [4.69, 9.17) is 8.94 Å². The van der Waals surface area contributed by atoms with Crippen molar-refractivity contribution in [2.75, 3.05) is 0 Å². The Bertz CT molecular complexity index is 1110. The number of rotatable bonds is 4. The first kappa shape index (κ1) is 17.8. The van der Waals surface area contributed by atoms with E-state index in [1.807, 2.05) is 24.3 Å². The van der Waals surface area contributed by atoms with Gasteiger partial charge in [-0.1, -0.05) is 29.4 Å². The highest BCUT2D eigenvalue weighted by Gasteiger charge is 2.30. The predicted molar refractivity (Wildman–Crippen MR) is 94.3 cm³/mol. The summed E-state index contributed by atoms with van der Waals surface area (Å²) in [6, 6.07) is 15.1. The van der Waals surface area contributed by atoms with Crippen molar-refractivity contribution in [3.8, 4) is 11.5 Å². The number of amides is 1. The molecule has 0 radical (unpaired) electrons. The van der Waals surface area contributed by atoms with Crippen molar-refractivity contribution in [2.45, 2.75) is 12.7 Å². The van der Waals surface area contributed by atoms with Gasteiger partial charge in [-0.2, -0.15) is 13.2 Å². The number of hydrogen-bond donors (Lipinski definition) is 1. The number of para-hydroxylation sites is 1. The number of aromatic nitrogens is 1. The molecule has 0 saturated heterocycles. The van der Waals surface area contributed by atoms with Gasteiger partial charge in [0.15, 0.2) is 5.76 Å². The van der Waals surface area contributed by atoms with E-state index < -0.39 is 17.6 Å². The quantitative estimate of drug-likeness (QED) is 0.534. The Labute approximate surface area is 156 Å². The summed E-state index contributed by atoms with van der Waals surface area (Å²) in [6.07, 6.45) is -4.51. The number of fused-ring (bicyclic) bond motifs is 1. The Morgan fingerprint density at radius 2 is 1.82 bits per heavy atom. The molecular weight excluding hydrogens is 373 g/mol. The zero-order valence-corrected chi connectivity index (χ0v) is 14.3. The molecule has 8 heteroatoms. The van der Waals surface area contributed by atoms with Crippen LogP contribution in [0.5, 0.6) is 0 Å². The highest BCUT2D eigenvalue weighted by atomic mass is 19.4. The van der Waals surface area contributed by atoms with Crippen LogP contribution in [0.4, 0.5) is 13.2 Å². The van der Waals surface area contributed by atoms with Crippen molar-refractivity contribution in [3.63, 3.8) is 0 Å². The van der Waals surface area contributed by atoms with Crippen molar-refractivity contribution in [3.05, 3.63) is 77.5 Å². The summed E-state index contributed by atoms with van der Waals surface area (Å²) < 4.78 is 49.2. The Morgan fingerprint density at radius 3 is 2.61 bits per heavy atom. The molecule has 0 aliphatic rings. The number of nitrogens with one attached hydrogen (secondary N) is 1. The molecule has 142 valence electrons. The second-order valence-corrected chi connectivity index (χ2v) is 6.09. The molecule has 1 amide bonds. The van der Waals surface area contributed by atoms with Gasteiger partial charge in [-0.25, -0.2) is 0 Å². The Balaban J connectivity index is 1.45. The van der Waals surface area contributed by atoms with Crippen molar-refractivity contribution < 1.29 is 26.9 Å². The standard InChI is InChI=1S/C20H13F3N2O3/c21-20(22,23)14-6-3-5-13(8-14)19(26)24-11-15-10-18(28-25-15)17-9-12-4-1-2-7-16(12)27-17/h1-10H,11H2,(H,24,26). The van der Waals surface area contributed by atoms with Crippen LogP contribution in [0.2, 0.25) is 0 Å². The number of hydrogen-bond acceptors (Lipinski definition) is 4. The third-order valence-corrected chi connectivity index (χ3v) is 4.11. The maximum Gasteiger partial charge on any atom is 0.416 e. The summed E-state index contributed by atoms with van der Waals surface area (Å²) in [7, 11) is 0. The van der Waals surface area contributed by atoms with E-state index in [0.717, 1.165) is 17.5 Å². The summed E-state index contributed by atoms with van der Waals surface area (Å²) in [5.74, 6) is 0.239. The van der Waals surface area contributed by atoms with Gasteiger partial charge in [-0.3, -0.25) is 4.79 Å². The minimum absolute atomic E-state index is 0.00118. The first-order valence-electron chi connectivity index (χ1n) is 8.30. The molecule has 0 atom stereocenters. The Morgan fingerprint density at radius 1 is 1.00 bits per heavy atom. The molecule has 4 rings (SSSR count). The fourth-order valence-corrected chi connectivity index (χ4v) is 2.72. The first-order valence-corrected chi connectivity index (χ1v) is 8.30. The molecule has 0 unspecified atom stereocenters. The van der Waals surface area contributed by atoms with Crippen LogP contribution in [0.3, 0.4) is 0 Å². The number of carbonyl (C=O) groups is 1. The highest BCUT2D eigenvalue weighted by molar-refractivity contribution is 5.94. The Hall–Kier alpha value is -3.55. The van der Waals surface area contributed by atoms with Gasteiger partial charge in [0, 0.05) is 17.0 Å². The van der Waals surface area contributed by atoms with Gasteiger partial charge in [0.25, 0.3) is 5.91 Å². The van der Waals surface area contributed by atoms with Crippen molar-refractivity contribution >= 4 is 16.9 Å². The average Bonchev–Trinajstić information content (AvgIpc) is 3.32. The molecule has 2 heterocycles. The minimum Gasteiger partial charge on any atom is -0.453 e. The maximum absolute atomic E-state index is 12.8. The summed E-state index contributed by atoms with van der Waals surface area (Å²) in [5.41, 5.74) is 0.147. The van der Waals surface area contributed by atoms with E-state index in [9.17, 15) is 18.0 Å². The molecule has 0 saturated carbocycles. The van der Waals surface area contributed by atoms with Crippen molar-refractivity contribution in [1.82, 2.24) is 10.5 Å². The average molecular weight is 386 g/mol.